The molecule has 0 aromatic heterocycles. The fourth-order valence-electron chi connectivity index (χ4n) is 2.61. The first-order chi connectivity index (χ1) is 7.70. The lowest BCUT2D eigenvalue weighted by Gasteiger charge is -2.29. The van der Waals surface area contributed by atoms with Gasteiger partial charge in [-0.25, -0.2) is 0 Å². The Morgan fingerprint density at radius 3 is 2.81 bits per heavy atom. The van der Waals surface area contributed by atoms with Crippen LogP contribution in [0.5, 0.6) is 0 Å². The van der Waals surface area contributed by atoms with Gasteiger partial charge in [-0.2, -0.15) is 0 Å². The number of piperidine rings is 1. The van der Waals surface area contributed by atoms with Crippen LogP contribution in [0.25, 0.3) is 0 Å². The van der Waals surface area contributed by atoms with E-state index in [2.05, 4.69) is 24.5 Å². The largest absolute Gasteiger partial charge is 0.352 e. The second-order valence-electron chi connectivity index (χ2n) is 5.44. The minimum atomic E-state index is 0.0555. The van der Waals surface area contributed by atoms with Gasteiger partial charge in [-0.05, 0) is 51.0 Å². The maximum atomic E-state index is 12.0. The number of amides is 1. The van der Waals surface area contributed by atoms with Gasteiger partial charge < -0.3 is 10.6 Å². The standard InChI is InChI=1S/C13H24N2O/c1-3-10-6-7-14-12(8-10)13(16)15-9(2)11-4-5-11/h9-12,14H,3-8H2,1-2H3,(H,15,16). The molecule has 3 atom stereocenters. The lowest BCUT2D eigenvalue weighted by molar-refractivity contribution is -0.124. The van der Waals surface area contributed by atoms with E-state index in [1.807, 2.05) is 0 Å². The van der Waals surface area contributed by atoms with Crippen LogP contribution < -0.4 is 10.6 Å². The van der Waals surface area contributed by atoms with Crippen molar-refractivity contribution in [3.8, 4) is 0 Å². The predicted molar refractivity (Wildman–Crippen MR) is 65.1 cm³/mol. The van der Waals surface area contributed by atoms with Crippen molar-refractivity contribution < 1.29 is 4.79 Å². The first kappa shape index (κ1) is 11.9. The fraction of sp³-hybridized carbons (Fsp3) is 0.923. The second-order valence-corrected chi connectivity index (χ2v) is 5.44. The van der Waals surface area contributed by atoms with Crippen LogP contribution in [0.1, 0.15) is 46.0 Å². The van der Waals surface area contributed by atoms with Crippen LogP contribution in [-0.2, 0) is 4.79 Å². The van der Waals surface area contributed by atoms with E-state index in [9.17, 15) is 4.79 Å². The van der Waals surface area contributed by atoms with Crippen molar-refractivity contribution >= 4 is 5.91 Å². The average Bonchev–Trinajstić information content (AvgIpc) is 3.13. The Bertz CT molecular complexity index is 250. The summed E-state index contributed by atoms with van der Waals surface area (Å²) in [6.07, 6.45) is 6.01. The van der Waals surface area contributed by atoms with Crippen molar-refractivity contribution in [3.63, 3.8) is 0 Å². The second kappa shape index (κ2) is 5.17. The van der Waals surface area contributed by atoms with Gasteiger partial charge in [0.1, 0.15) is 0 Å². The molecular weight excluding hydrogens is 200 g/mol. The van der Waals surface area contributed by atoms with Gasteiger partial charge in [0.2, 0.25) is 5.91 Å². The van der Waals surface area contributed by atoms with E-state index in [0.717, 1.165) is 24.8 Å². The summed E-state index contributed by atoms with van der Waals surface area (Å²) in [5.74, 6) is 1.69. The molecule has 1 amide bonds. The molecule has 0 aromatic carbocycles. The van der Waals surface area contributed by atoms with Crippen molar-refractivity contribution in [2.45, 2.75) is 58.0 Å². The smallest absolute Gasteiger partial charge is 0.237 e. The maximum Gasteiger partial charge on any atom is 0.237 e. The topological polar surface area (TPSA) is 41.1 Å². The third-order valence-electron chi connectivity index (χ3n) is 4.11. The van der Waals surface area contributed by atoms with Gasteiger partial charge in [-0.1, -0.05) is 13.3 Å². The molecule has 1 aliphatic carbocycles. The van der Waals surface area contributed by atoms with Crippen LogP contribution in [0.4, 0.5) is 0 Å². The Morgan fingerprint density at radius 1 is 1.44 bits per heavy atom. The van der Waals surface area contributed by atoms with E-state index in [0.29, 0.717) is 6.04 Å². The van der Waals surface area contributed by atoms with Gasteiger partial charge in [0.15, 0.2) is 0 Å². The van der Waals surface area contributed by atoms with Crippen molar-refractivity contribution in [3.05, 3.63) is 0 Å². The highest BCUT2D eigenvalue weighted by Crippen LogP contribution is 2.32. The van der Waals surface area contributed by atoms with E-state index >= 15 is 0 Å². The van der Waals surface area contributed by atoms with E-state index in [-0.39, 0.29) is 11.9 Å². The highest BCUT2D eigenvalue weighted by molar-refractivity contribution is 5.82. The van der Waals surface area contributed by atoms with Crippen molar-refractivity contribution in [2.75, 3.05) is 6.54 Å². The summed E-state index contributed by atoms with van der Waals surface area (Å²) < 4.78 is 0. The summed E-state index contributed by atoms with van der Waals surface area (Å²) >= 11 is 0. The molecule has 92 valence electrons. The first-order valence-electron chi connectivity index (χ1n) is 6.74. The molecule has 0 spiro atoms. The third-order valence-corrected chi connectivity index (χ3v) is 4.11. The number of carbonyl (C=O) groups excluding carboxylic acids is 1. The van der Waals surface area contributed by atoms with Gasteiger partial charge in [0.05, 0.1) is 6.04 Å². The molecule has 3 unspecified atom stereocenters. The van der Waals surface area contributed by atoms with Crippen LogP contribution in [0, 0.1) is 11.8 Å². The summed E-state index contributed by atoms with van der Waals surface area (Å²) in [4.78, 5) is 12.0. The molecule has 1 saturated carbocycles. The highest BCUT2D eigenvalue weighted by Gasteiger charge is 2.32. The number of nitrogens with one attached hydrogen (secondary N) is 2. The molecule has 0 aromatic rings. The summed E-state index contributed by atoms with van der Waals surface area (Å²) in [5, 5.41) is 6.49. The summed E-state index contributed by atoms with van der Waals surface area (Å²) in [6, 6.07) is 0.427. The lowest BCUT2D eigenvalue weighted by atomic mass is 9.90. The summed E-state index contributed by atoms with van der Waals surface area (Å²) in [6.45, 7) is 5.35. The van der Waals surface area contributed by atoms with Crippen LogP contribution in [0.15, 0.2) is 0 Å². The van der Waals surface area contributed by atoms with Crippen molar-refractivity contribution in [1.82, 2.24) is 10.6 Å². The van der Waals surface area contributed by atoms with E-state index in [1.54, 1.807) is 0 Å². The van der Waals surface area contributed by atoms with Crippen molar-refractivity contribution in [1.29, 1.82) is 0 Å². The minimum Gasteiger partial charge on any atom is -0.352 e. The Kier molecular flexibility index (Phi) is 3.85. The van der Waals surface area contributed by atoms with Crippen LogP contribution in [-0.4, -0.2) is 24.5 Å². The summed E-state index contributed by atoms with van der Waals surface area (Å²) in [7, 11) is 0. The first-order valence-corrected chi connectivity index (χ1v) is 6.74. The Morgan fingerprint density at radius 2 is 2.19 bits per heavy atom. The number of hydrogen-bond donors (Lipinski definition) is 2. The molecule has 1 saturated heterocycles. The average molecular weight is 224 g/mol. The molecule has 1 heterocycles. The normalized spacial score (nSPS) is 32.1. The quantitative estimate of drug-likeness (QED) is 0.763. The molecule has 1 aliphatic heterocycles. The number of hydrogen-bond acceptors (Lipinski definition) is 2. The van der Waals surface area contributed by atoms with Crippen LogP contribution in [0.2, 0.25) is 0 Å². The SMILES string of the molecule is CCC1CCNC(C(=O)NC(C)C2CC2)C1. The third kappa shape index (κ3) is 2.97. The lowest BCUT2D eigenvalue weighted by Crippen LogP contribution is -2.51. The zero-order valence-electron chi connectivity index (χ0n) is 10.5. The molecule has 2 fully saturated rings. The minimum absolute atomic E-state index is 0.0555. The molecule has 3 heteroatoms. The Balaban J connectivity index is 1.78. The molecule has 0 bridgehead atoms. The fourth-order valence-corrected chi connectivity index (χ4v) is 2.61. The van der Waals surface area contributed by atoms with E-state index < -0.39 is 0 Å². The zero-order valence-corrected chi connectivity index (χ0v) is 10.5. The molecule has 16 heavy (non-hydrogen) atoms. The van der Waals surface area contributed by atoms with E-state index in [1.165, 1.54) is 25.7 Å². The maximum absolute atomic E-state index is 12.0. The molecule has 2 aliphatic rings. The van der Waals surface area contributed by atoms with E-state index in [4.69, 9.17) is 0 Å². The van der Waals surface area contributed by atoms with Gasteiger partial charge in [-0.15, -0.1) is 0 Å². The van der Waals surface area contributed by atoms with Gasteiger partial charge in [0, 0.05) is 6.04 Å². The number of rotatable bonds is 4. The van der Waals surface area contributed by atoms with Crippen LogP contribution >= 0.6 is 0 Å². The number of carbonyl (C=O) groups is 1. The van der Waals surface area contributed by atoms with Crippen LogP contribution in [0.3, 0.4) is 0 Å². The molecule has 2 N–H and O–H groups in total. The Labute approximate surface area is 98.4 Å². The monoisotopic (exact) mass is 224 g/mol. The predicted octanol–water partition coefficient (Wildman–Crippen LogP) is 1.68. The molecule has 2 rings (SSSR count). The highest BCUT2D eigenvalue weighted by atomic mass is 16.2. The molecular formula is C13H24N2O. The van der Waals surface area contributed by atoms with Gasteiger partial charge in [-0.3, -0.25) is 4.79 Å². The van der Waals surface area contributed by atoms with Gasteiger partial charge >= 0.3 is 0 Å². The molecule has 0 radical (unpaired) electrons. The Hall–Kier alpha value is -0.570. The van der Waals surface area contributed by atoms with Gasteiger partial charge in [0.25, 0.3) is 0 Å². The zero-order chi connectivity index (χ0) is 11.5. The van der Waals surface area contributed by atoms with Crippen molar-refractivity contribution in [2.24, 2.45) is 11.8 Å². The molecule has 3 nitrogen and oxygen atoms in total. The summed E-state index contributed by atoms with van der Waals surface area (Å²) in [5.41, 5.74) is 0.